The third-order valence-electron chi connectivity index (χ3n) is 9.41. The highest BCUT2D eigenvalue weighted by atomic mass is 32.1. The molecule has 0 fully saturated rings. The van der Waals surface area contributed by atoms with Crippen LogP contribution >= 0.6 is 11.3 Å². The molecule has 3 aromatic heterocycles. The number of rotatable bonds is 4. The van der Waals surface area contributed by atoms with Crippen LogP contribution in [0, 0.1) is 0 Å². The van der Waals surface area contributed by atoms with Crippen LogP contribution in [0.3, 0.4) is 0 Å². The van der Waals surface area contributed by atoms with Crippen molar-refractivity contribution in [1.82, 2.24) is 14.5 Å². The van der Waals surface area contributed by atoms with Crippen LogP contribution < -0.4 is 0 Å². The highest BCUT2D eigenvalue weighted by Crippen LogP contribution is 2.45. The normalized spacial score (nSPS) is 11.8. The van der Waals surface area contributed by atoms with Gasteiger partial charge < -0.3 is 4.57 Å². The average Bonchev–Trinajstić information content (AvgIpc) is 3.72. The second-order valence-electron chi connectivity index (χ2n) is 12.2. The van der Waals surface area contributed by atoms with Gasteiger partial charge in [0.05, 0.1) is 22.4 Å². The Morgan fingerprint density at radius 2 is 1.04 bits per heavy atom. The topological polar surface area (TPSA) is 30.7 Å². The Hall–Kier alpha value is -6.10. The summed E-state index contributed by atoms with van der Waals surface area (Å²) in [6.07, 6.45) is 0. The predicted molar refractivity (Wildman–Crippen MR) is 203 cm³/mol. The maximum absolute atomic E-state index is 5.06. The SMILES string of the molecule is c1ccc(-c2cc(-c3ccccc3)nc(-c3ccc(-n4c5ccc6ccccc6c5c5c6sc7ccccc7c6ccc54)cc3)n2)cc1. The summed E-state index contributed by atoms with van der Waals surface area (Å²) in [4.78, 5) is 10.1. The van der Waals surface area contributed by atoms with E-state index in [2.05, 4.69) is 156 Å². The van der Waals surface area contributed by atoms with Crippen molar-refractivity contribution >= 4 is 64.1 Å². The third kappa shape index (κ3) is 4.20. The van der Waals surface area contributed by atoms with E-state index in [0.29, 0.717) is 5.82 Å². The van der Waals surface area contributed by atoms with Crippen molar-refractivity contribution in [1.29, 1.82) is 0 Å². The Morgan fingerprint density at radius 3 is 1.77 bits per heavy atom. The zero-order valence-electron chi connectivity index (χ0n) is 25.8. The van der Waals surface area contributed by atoms with Crippen molar-refractivity contribution in [3.8, 4) is 39.6 Å². The third-order valence-corrected chi connectivity index (χ3v) is 10.6. The van der Waals surface area contributed by atoms with E-state index in [-0.39, 0.29) is 0 Å². The maximum Gasteiger partial charge on any atom is 0.160 e. The van der Waals surface area contributed by atoms with Crippen molar-refractivity contribution in [3.05, 3.63) is 164 Å². The zero-order valence-corrected chi connectivity index (χ0v) is 26.7. The van der Waals surface area contributed by atoms with Crippen LogP contribution in [-0.2, 0) is 0 Å². The summed E-state index contributed by atoms with van der Waals surface area (Å²) >= 11 is 1.89. The van der Waals surface area contributed by atoms with E-state index in [4.69, 9.17) is 9.97 Å². The van der Waals surface area contributed by atoms with Crippen molar-refractivity contribution in [3.63, 3.8) is 0 Å². The summed E-state index contributed by atoms with van der Waals surface area (Å²) in [7, 11) is 0. The van der Waals surface area contributed by atoms with Crippen LogP contribution in [0.1, 0.15) is 0 Å². The summed E-state index contributed by atoms with van der Waals surface area (Å²) in [5, 5.41) is 7.78. The number of hydrogen-bond donors (Lipinski definition) is 0. The van der Waals surface area contributed by atoms with Gasteiger partial charge in [-0.25, -0.2) is 9.97 Å². The highest BCUT2D eigenvalue weighted by molar-refractivity contribution is 7.26. The smallest absolute Gasteiger partial charge is 0.160 e. The minimum absolute atomic E-state index is 0.710. The fourth-order valence-corrected chi connectivity index (χ4v) is 8.42. The highest BCUT2D eigenvalue weighted by Gasteiger charge is 2.19. The van der Waals surface area contributed by atoms with Crippen molar-refractivity contribution in [2.75, 3.05) is 0 Å². The van der Waals surface area contributed by atoms with Crippen molar-refractivity contribution in [2.24, 2.45) is 0 Å². The van der Waals surface area contributed by atoms with Gasteiger partial charge in [-0.3, -0.25) is 0 Å². The number of thiophene rings is 1. The Bertz CT molecular complexity index is 2760. The molecule has 10 aromatic rings. The molecule has 0 aliphatic rings. The van der Waals surface area contributed by atoms with E-state index in [1.165, 1.54) is 52.8 Å². The largest absolute Gasteiger partial charge is 0.309 e. The Balaban J connectivity index is 1.19. The first kappa shape index (κ1) is 27.1. The molecule has 3 nitrogen and oxygen atoms in total. The molecule has 3 heterocycles. The number of nitrogens with zero attached hydrogens (tertiary/aromatic N) is 3. The van der Waals surface area contributed by atoms with Gasteiger partial charge in [-0.2, -0.15) is 0 Å². The molecular formula is C44H27N3S. The summed E-state index contributed by atoms with van der Waals surface area (Å²) < 4.78 is 5.07. The van der Waals surface area contributed by atoms with Gasteiger partial charge in [0, 0.05) is 53.3 Å². The molecule has 0 radical (unpaired) electrons. The molecule has 0 amide bonds. The Labute approximate surface area is 281 Å². The molecule has 0 saturated heterocycles. The molecule has 0 spiro atoms. The van der Waals surface area contributed by atoms with Crippen LogP contribution in [0.4, 0.5) is 0 Å². The molecule has 0 atom stereocenters. The van der Waals surface area contributed by atoms with Gasteiger partial charge in [0.15, 0.2) is 5.82 Å². The van der Waals surface area contributed by atoms with Crippen LogP contribution in [0.5, 0.6) is 0 Å². The second kappa shape index (κ2) is 10.7. The number of aromatic nitrogens is 3. The van der Waals surface area contributed by atoms with Gasteiger partial charge in [-0.1, -0.05) is 115 Å². The average molecular weight is 630 g/mol. The fraction of sp³-hybridized carbons (Fsp3) is 0. The van der Waals surface area contributed by atoms with E-state index in [0.717, 1.165) is 33.8 Å². The minimum atomic E-state index is 0.710. The summed E-state index contributed by atoms with van der Waals surface area (Å²) in [6.45, 7) is 0. The van der Waals surface area contributed by atoms with Gasteiger partial charge in [0.1, 0.15) is 0 Å². The summed E-state index contributed by atoms with van der Waals surface area (Å²) in [5.74, 6) is 0.710. The monoisotopic (exact) mass is 629 g/mol. The lowest BCUT2D eigenvalue weighted by molar-refractivity contribution is 1.16. The standard InChI is InChI=1S/C44H27N3S/c1-3-12-29(13-4-1)36-27-37(30-14-5-2-6-15-30)46-44(45-36)31-19-22-32(23-20-31)47-38-25-21-28-11-7-8-16-33(28)41(38)42-39(47)26-24-35-34-17-9-10-18-40(34)48-43(35)42/h1-27H. The van der Waals surface area contributed by atoms with E-state index in [1.54, 1.807) is 0 Å². The van der Waals surface area contributed by atoms with Crippen LogP contribution in [-0.4, -0.2) is 14.5 Å². The molecule has 0 saturated carbocycles. The molecule has 224 valence electrons. The van der Waals surface area contributed by atoms with Gasteiger partial charge >= 0.3 is 0 Å². The lowest BCUT2D eigenvalue weighted by atomic mass is 10.0. The lowest BCUT2D eigenvalue weighted by Gasteiger charge is -2.11. The van der Waals surface area contributed by atoms with Crippen LogP contribution in [0.15, 0.2) is 164 Å². The van der Waals surface area contributed by atoms with Crippen LogP contribution in [0.2, 0.25) is 0 Å². The lowest BCUT2D eigenvalue weighted by Crippen LogP contribution is -1.97. The van der Waals surface area contributed by atoms with E-state index >= 15 is 0 Å². The molecule has 48 heavy (non-hydrogen) atoms. The van der Waals surface area contributed by atoms with Gasteiger partial charge in [0.25, 0.3) is 0 Å². The van der Waals surface area contributed by atoms with E-state index in [9.17, 15) is 0 Å². The summed E-state index contributed by atoms with van der Waals surface area (Å²) in [5.41, 5.74) is 8.45. The first-order valence-electron chi connectivity index (χ1n) is 16.2. The van der Waals surface area contributed by atoms with E-state index in [1.807, 2.05) is 23.5 Å². The van der Waals surface area contributed by atoms with Gasteiger partial charge in [0.2, 0.25) is 0 Å². The number of benzene rings is 7. The molecule has 0 bridgehead atoms. The molecule has 0 aliphatic heterocycles. The van der Waals surface area contributed by atoms with Crippen LogP contribution in [0.25, 0.3) is 92.3 Å². The van der Waals surface area contributed by atoms with Gasteiger partial charge in [-0.05, 0) is 59.3 Å². The fourth-order valence-electron chi connectivity index (χ4n) is 7.17. The Kier molecular flexibility index (Phi) is 6.05. The molecule has 0 aliphatic carbocycles. The van der Waals surface area contributed by atoms with Crippen molar-refractivity contribution in [2.45, 2.75) is 0 Å². The molecule has 0 N–H and O–H groups in total. The molecular weight excluding hydrogens is 603 g/mol. The predicted octanol–water partition coefficient (Wildman–Crippen LogP) is 12.1. The first-order chi connectivity index (χ1) is 23.8. The maximum atomic E-state index is 5.06. The van der Waals surface area contributed by atoms with E-state index < -0.39 is 0 Å². The first-order valence-corrected chi connectivity index (χ1v) is 17.0. The minimum Gasteiger partial charge on any atom is -0.309 e. The zero-order chi connectivity index (χ0) is 31.6. The second-order valence-corrected chi connectivity index (χ2v) is 13.2. The molecule has 4 heteroatoms. The Morgan fingerprint density at radius 1 is 0.438 bits per heavy atom. The number of fused-ring (bicyclic) bond motifs is 9. The quantitative estimate of drug-likeness (QED) is 0.194. The van der Waals surface area contributed by atoms with Gasteiger partial charge in [-0.15, -0.1) is 11.3 Å². The molecule has 10 rings (SSSR count). The van der Waals surface area contributed by atoms with Crippen molar-refractivity contribution < 1.29 is 0 Å². The molecule has 0 unspecified atom stereocenters. The number of hydrogen-bond acceptors (Lipinski definition) is 3. The molecule has 7 aromatic carbocycles. The summed E-state index contributed by atoms with van der Waals surface area (Å²) in [6, 6.07) is 58.1.